The highest BCUT2D eigenvalue weighted by molar-refractivity contribution is 5.81. The van der Waals surface area contributed by atoms with Gasteiger partial charge in [-0.3, -0.25) is 15.0 Å². The molecule has 0 saturated heterocycles. The molecule has 1 N–H and O–H groups in total. The summed E-state index contributed by atoms with van der Waals surface area (Å²) in [6, 6.07) is 1.28. The molecule has 0 radical (unpaired) electrons. The van der Waals surface area contributed by atoms with E-state index in [0.717, 1.165) is 19.3 Å². The monoisotopic (exact) mass is 284 g/mol. The van der Waals surface area contributed by atoms with Gasteiger partial charge >= 0.3 is 5.97 Å². The highest BCUT2D eigenvalue weighted by atomic mass is 16.5. The van der Waals surface area contributed by atoms with Gasteiger partial charge in [0.2, 0.25) is 0 Å². The highest BCUT2D eigenvalue weighted by Gasteiger charge is 2.49. The number of hydrogen-bond donors (Lipinski definition) is 1. The van der Waals surface area contributed by atoms with E-state index in [0.29, 0.717) is 24.7 Å². The van der Waals surface area contributed by atoms with Crippen molar-refractivity contribution in [3.63, 3.8) is 0 Å². The maximum atomic E-state index is 12.2. The molecule has 2 saturated carbocycles. The number of rotatable bonds is 7. The van der Waals surface area contributed by atoms with Crippen LogP contribution in [0.1, 0.15) is 39.0 Å². The lowest BCUT2D eigenvalue weighted by molar-refractivity contribution is -0.148. The van der Waals surface area contributed by atoms with Gasteiger partial charge in [-0.25, -0.2) is 0 Å². The average Bonchev–Trinajstić information content (AvgIpc) is 3.14. The fourth-order valence-corrected chi connectivity index (χ4v) is 3.27. The van der Waals surface area contributed by atoms with E-state index in [1.165, 1.54) is 20.0 Å². The van der Waals surface area contributed by atoms with Crippen LogP contribution < -0.4 is 5.32 Å². The number of carbonyl (C=O) groups excluding carboxylic acids is 1. The number of carbonyl (C=O) groups is 1. The molecule has 2 rings (SSSR count). The largest absolute Gasteiger partial charge is 0.468 e. The zero-order chi connectivity index (χ0) is 14.8. The molecule has 0 heterocycles. The zero-order valence-electron chi connectivity index (χ0n) is 13.1. The van der Waals surface area contributed by atoms with Gasteiger partial charge in [-0.2, -0.15) is 0 Å². The van der Waals surface area contributed by atoms with Gasteiger partial charge in [-0.05, 0) is 46.1 Å². The molecular weight excluding hydrogens is 256 g/mol. The first-order chi connectivity index (χ1) is 9.52. The fourth-order valence-electron chi connectivity index (χ4n) is 3.27. The molecule has 0 aromatic heterocycles. The molecular formula is C15H28N2O3. The van der Waals surface area contributed by atoms with Gasteiger partial charge in [0.1, 0.15) is 5.54 Å². The van der Waals surface area contributed by atoms with Crippen LogP contribution in [0, 0.1) is 0 Å². The van der Waals surface area contributed by atoms with Crippen molar-refractivity contribution in [2.75, 3.05) is 27.9 Å². The van der Waals surface area contributed by atoms with Crippen LogP contribution in [0.5, 0.6) is 0 Å². The van der Waals surface area contributed by atoms with Crippen LogP contribution in [0.3, 0.4) is 0 Å². The first kappa shape index (κ1) is 15.7. The maximum Gasteiger partial charge on any atom is 0.326 e. The summed E-state index contributed by atoms with van der Waals surface area (Å²) in [5.41, 5.74) is -0.471. The molecule has 0 spiro atoms. The first-order valence-electron chi connectivity index (χ1n) is 7.59. The predicted octanol–water partition coefficient (Wildman–Crippen LogP) is 1.17. The number of ether oxygens (including phenoxy) is 2. The second-order valence-electron chi connectivity index (χ2n) is 6.36. The van der Waals surface area contributed by atoms with Gasteiger partial charge in [-0.15, -0.1) is 0 Å². The second-order valence-corrected chi connectivity index (χ2v) is 6.36. The van der Waals surface area contributed by atoms with E-state index in [1.54, 1.807) is 7.11 Å². The van der Waals surface area contributed by atoms with Crippen molar-refractivity contribution in [3.05, 3.63) is 0 Å². The molecule has 2 fully saturated rings. The van der Waals surface area contributed by atoms with E-state index in [-0.39, 0.29) is 5.97 Å². The molecule has 3 unspecified atom stereocenters. The molecule has 5 nitrogen and oxygen atoms in total. The summed E-state index contributed by atoms with van der Waals surface area (Å²) in [6.07, 6.45) is 5.09. The fraction of sp³-hybridized carbons (Fsp3) is 0.933. The Hall–Kier alpha value is -0.650. The Morgan fingerprint density at radius 2 is 2.10 bits per heavy atom. The lowest BCUT2D eigenvalue weighted by Crippen LogP contribution is -2.53. The quantitative estimate of drug-likeness (QED) is 0.711. The summed E-state index contributed by atoms with van der Waals surface area (Å²) in [5, 5.41) is 3.54. The van der Waals surface area contributed by atoms with Crippen LogP contribution in [0.2, 0.25) is 0 Å². The number of likely N-dealkylation sites (N-methyl/N-ethyl adjacent to an activating group) is 1. The van der Waals surface area contributed by atoms with Crippen LogP contribution in [-0.4, -0.2) is 62.4 Å². The van der Waals surface area contributed by atoms with Crippen LogP contribution in [0.15, 0.2) is 0 Å². The zero-order valence-corrected chi connectivity index (χ0v) is 13.1. The Bertz CT molecular complexity index is 346. The standard InChI is InChI=1S/C15H28N2O3/c1-11(10-19-3)17(2)13-7-8-15(9-13,14(18)20-4)16-12-5-6-12/h11-13,16H,5-10H2,1-4H3. The topological polar surface area (TPSA) is 50.8 Å². The number of nitrogens with one attached hydrogen (secondary N) is 1. The van der Waals surface area contributed by atoms with Crippen LogP contribution in [0.4, 0.5) is 0 Å². The Balaban J connectivity index is 2.00. The summed E-state index contributed by atoms with van der Waals surface area (Å²) >= 11 is 0. The lowest BCUT2D eigenvalue weighted by Gasteiger charge is -2.32. The summed E-state index contributed by atoms with van der Waals surface area (Å²) in [4.78, 5) is 14.6. The van der Waals surface area contributed by atoms with Crippen LogP contribution in [0.25, 0.3) is 0 Å². The van der Waals surface area contributed by atoms with Crippen molar-refractivity contribution < 1.29 is 14.3 Å². The smallest absolute Gasteiger partial charge is 0.326 e. The van der Waals surface area contributed by atoms with E-state index in [4.69, 9.17) is 9.47 Å². The third kappa shape index (κ3) is 3.32. The Kier molecular flexibility index (Phi) is 5.04. The Morgan fingerprint density at radius 3 is 2.65 bits per heavy atom. The first-order valence-corrected chi connectivity index (χ1v) is 7.59. The summed E-state index contributed by atoms with van der Waals surface area (Å²) in [6.45, 7) is 2.88. The van der Waals surface area contributed by atoms with Gasteiger partial charge in [0.15, 0.2) is 0 Å². The van der Waals surface area contributed by atoms with Crippen molar-refractivity contribution in [1.29, 1.82) is 0 Å². The second kappa shape index (κ2) is 6.41. The van der Waals surface area contributed by atoms with Crippen LogP contribution >= 0.6 is 0 Å². The van der Waals surface area contributed by atoms with Gasteiger partial charge in [0, 0.05) is 25.2 Å². The average molecular weight is 284 g/mol. The van der Waals surface area contributed by atoms with Crippen LogP contribution in [-0.2, 0) is 14.3 Å². The van der Waals surface area contributed by atoms with Crippen molar-refractivity contribution in [2.45, 2.75) is 62.7 Å². The van der Waals surface area contributed by atoms with E-state index in [1.807, 2.05) is 0 Å². The van der Waals surface area contributed by atoms with Gasteiger partial charge < -0.3 is 9.47 Å². The number of nitrogens with zero attached hydrogens (tertiary/aromatic N) is 1. The van der Waals surface area contributed by atoms with Crippen molar-refractivity contribution in [3.8, 4) is 0 Å². The number of hydrogen-bond acceptors (Lipinski definition) is 5. The molecule has 2 aliphatic carbocycles. The van der Waals surface area contributed by atoms with Gasteiger partial charge in [0.05, 0.1) is 13.7 Å². The normalized spacial score (nSPS) is 31.6. The number of esters is 1. The van der Waals surface area contributed by atoms with E-state index < -0.39 is 5.54 Å². The van der Waals surface area contributed by atoms with Crippen molar-refractivity contribution in [1.82, 2.24) is 10.2 Å². The predicted molar refractivity (Wildman–Crippen MR) is 77.6 cm³/mol. The Morgan fingerprint density at radius 1 is 1.40 bits per heavy atom. The SMILES string of the molecule is COCC(C)N(C)C1CCC(NC2CC2)(C(=O)OC)C1. The molecule has 0 aliphatic heterocycles. The Labute approximate surface area is 122 Å². The minimum absolute atomic E-state index is 0.0975. The summed E-state index contributed by atoms with van der Waals surface area (Å²) in [5.74, 6) is -0.0975. The van der Waals surface area contributed by atoms with Crippen molar-refractivity contribution >= 4 is 5.97 Å². The molecule has 0 bridgehead atoms. The van der Waals surface area contributed by atoms with Gasteiger partial charge in [0.25, 0.3) is 0 Å². The van der Waals surface area contributed by atoms with Crippen molar-refractivity contribution in [2.24, 2.45) is 0 Å². The van der Waals surface area contributed by atoms with E-state index in [2.05, 4.69) is 24.2 Å². The minimum atomic E-state index is -0.471. The summed E-state index contributed by atoms with van der Waals surface area (Å²) < 4.78 is 10.3. The minimum Gasteiger partial charge on any atom is -0.468 e. The molecule has 0 aromatic carbocycles. The molecule has 5 heteroatoms. The number of methoxy groups -OCH3 is 2. The summed E-state index contributed by atoms with van der Waals surface area (Å²) in [7, 11) is 5.34. The lowest BCUT2D eigenvalue weighted by atomic mass is 9.96. The third-order valence-corrected chi connectivity index (χ3v) is 4.80. The molecule has 0 amide bonds. The molecule has 20 heavy (non-hydrogen) atoms. The van der Waals surface area contributed by atoms with E-state index in [9.17, 15) is 4.79 Å². The molecule has 116 valence electrons. The molecule has 0 aromatic rings. The molecule has 2 aliphatic rings. The van der Waals surface area contributed by atoms with Gasteiger partial charge in [-0.1, -0.05) is 0 Å². The third-order valence-electron chi connectivity index (χ3n) is 4.80. The van der Waals surface area contributed by atoms with E-state index >= 15 is 0 Å². The highest BCUT2D eigenvalue weighted by Crippen LogP contribution is 2.37. The maximum absolute atomic E-state index is 12.2. The molecule has 3 atom stereocenters.